The van der Waals surface area contributed by atoms with E-state index in [2.05, 4.69) is 23.6 Å². The van der Waals surface area contributed by atoms with E-state index >= 15 is 0 Å². The average Bonchev–Trinajstić information content (AvgIpc) is 2.42. The fourth-order valence-corrected chi connectivity index (χ4v) is 4.50. The van der Waals surface area contributed by atoms with Gasteiger partial charge in [0, 0.05) is 12.6 Å². The van der Waals surface area contributed by atoms with Crippen LogP contribution in [0, 0.1) is 12.8 Å². The molecule has 2 N–H and O–H groups in total. The molecule has 1 aromatic carbocycles. The number of hydrogen-bond donors (Lipinski definition) is 2. The number of aliphatic hydroxyl groups is 1. The monoisotopic (exact) mass is 312 g/mol. The van der Waals surface area contributed by atoms with Crippen LogP contribution in [0.3, 0.4) is 0 Å². The zero-order valence-corrected chi connectivity index (χ0v) is 13.7. The Balaban J connectivity index is 2.22. The van der Waals surface area contributed by atoms with Gasteiger partial charge in [-0.25, -0.2) is 13.1 Å². The highest BCUT2D eigenvalue weighted by Crippen LogP contribution is 2.21. The maximum Gasteiger partial charge on any atom is 0.241 e. The predicted molar refractivity (Wildman–Crippen MR) is 82.5 cm³/mol. The first-order chi connectivity index (χ1) is 9.83. The lowest BCUT2D eigenvalue weighted by molar-refractivity contribution is 0.188. The van der Waals surface area contributed by atoms with Crippen molar-refractivity contribution in [2.45, 2.75) is 37.8 Å². The van der Waals surface area contributed by atoms with Crippen LogP contribution in [0.1, 0.15) is 24.5 Å². The summed E-state index contributed by atoms with van der Waals surface area (Å²) in [5.74, 6) is 0.278. The molecule has 0 radical (unpaired) electrons. The summed E-state index contributed by atoms with van der Waals surface area (Å²) in [5, 5.41) is 9.19. The third-order valence-corrected chi connectivity index (χ3v) is 5.77. The average molecular weight is 312 g/mol. The molecule has 2 unspecified atom stereocenters. The fraction of sp³-hybridized carbons (Fsp3) is 0.600. The van der Waals surface area contributed by atoms with Crippen molar-refractivity contribution in [3.05, 3.63) is 29.3 Å². The fourth-order valence-electron chi connectivity index (χ4n) is 2.82. The summed E-state index contributed by atoms with van der Waals surface area (Å²) in [7, 11) is -1.50. The van der Waals surface area contributed by atoms with Crippen LogP contribution in [0.4, 0.5) is 0 Å². The van der Waals surface area contributed by atoms with E-state index in [0.29, 0.717) is 11.1 Å². The van der Waals surface area contributed by atoms with Gasteiger partial charge in [-0.15, -0.1) is 0 Å². The second-order valence-electron chi connectivity index (χ2n) is 6.01. The Morgan fingerprint density at radius 3 is 2.76 bits per heavy atom. The van der Waals surface area contributed by atoms with E-state index in [-0.39, 0.29) is 23.5 Å². The summed E-state index contributed by atoms with van der Waals surface area (Å²) in [6, 6.07) is 4.99. The van der Waals surface area contributed by atoms with Crippen LogP contribution in [-0.2, 0) is 16.6 Å². The minimum Gasteiger partial charge on any atom is -0.392 e. The van der Waals surface area contributed by atoms with Gasteiger partial charge in [-0.1, -0.05) is 19.1 Å². The Labute approximate surface area is 127 Å². The van der Waals surface area contributed by atoms with Crippen molar-refractivity contribution in [2.24, 2.45) is 5.92 Å². The molecule has 1 aromatic rings. The topological polar surface area (TPSA) is 69.6 Å². The smallest absolute Gasteiger partial charge is 0.241 e. The minimum atomic E-state index is -3.55. The Kier molecular flexibility index (Phi) is 5.03. The third-order valence-electron chi connectivity index (χ3n) is 4.14. The molecule has 118 valence electrons. The summed E-state index contributed by atoms with van der Waals surface area (Å²) >= 11 is 0. The van der Waals surface area contributed by atoms with Crippen molar-refractivity contribution in [3.8, 4) is 0 Å². The summed E-state index contributed by atoms with van der Waals surface area (Å²) in [6.07, 6.45) is 0.815. The van der Waals surface area contributed by atoms with Crippen LogP contribution in [0.5, 0.6) is 0 Å². The number of rotatable bonds is 4. The van der Waals surface area contributed by atoms with Gasteiger partial charge >= 0.3 is 0 Å². The van der Waals surface area contributed by atoms with Crippen LogP contribution in [0.2, 0.25) is 0 Å². The number of nitrogens with one attached hydrogen (secondary N) is 1. The quantitative estimate of drug-likeness (QED) is 0.874. The number of benzene rings is 1. The van der Waals surface area contributed by atoms with Crippen molar-refractivity contribution in [2.75, 3.05) is 20.1 Å². The van der Waals surface area contributed by atoms with E-state index in [1.54, 1.807) is 25.1 Å². The SMILES string of the molecule is Cc1ccc(CO)cc1S(=O)(=O)NC1CCN(C)CC1C. The van der Waals surface area contributed by atoms with Gasteiger partial charge in [0.25, 0.3) is 0 Å². The molecule has 1 aliphatic rings. The minimum absolute atomic E-state index is 0.0385. The number of piperidine rings is 1. The molecule has 0 amide bonds. The van der Waals surface area contributed by atoms with Crippen LogP contribution < -0.4 is 4.72 Å². The van der Waals surface area contributed by atoms with E-state index in [9.17, 15) is 13.5 Å². The van der Waals surface area contributed by atoms with Gasteiger partial charge in [-0.05, 0) is 50.0 Å². The predicted octanol–water partition coefficient (Wildman–Crippen LogP) is 1.11. The van der Waals surface area contributed by atoms with Crippen LogP contribution in [-0.4, -0.2) is 44.6 Å². The third kappa shape index (κ3) is 3.83. The highest BCUT2D eigenvalue weighted by atomic mass is 32.2. The van der Waals surface area contributed by atoms with Crippen LogP contribution in [0.25, 0.3) is 0 Å². The number of sulfonamides is 1. The zero-order chi connectivity index (χ0) is 15.6. The van der Waals surface area contributed by atoms with Gasteiger partial charge in [0.15, 0.2) is 0 Å². The summed E-state index contributed by atoms with van der Waals surface area (Å²) in [5.41, 5.74) is 1.30. The van der Waals surface area contributed by atoms with E-state index in [1.165, 1.54) is 0 Å². The lowest BCUT2D eigenvalue weighted by atomic mass is 9.95. The first kappa shape index (κ1) is 16.4. The van der Waals surface area contributed by atoms with Crippen LogP contribution in [0.15, 0.2) is 23.1 Å². The molecule has 6 heteroatoms. The molecule has 1 saturated heterocycles. The van der Waals surface area contributed by atoms with Gasteiger partial charge in [0.1, 0.15) is 0 Å². The van der Waals surface area contributed by atoms with Gasteiger partial charge in [-0.3, -0.25) is 0 Å². The summed E-state index contributed by atoms with van der Waals surface area (Å²) < 4.78 is 28.1. The molecule has 1 fully saturated rings. The van der Waals surface area contributed by atoms with E-state index in [1.807, 2.05) is 0 Å². The summed E-state index contributed by atoms with van der Waals surface area (Å²) in [6.45, 7) is 5.47. The van der Waals surface area contributed by atoms with E-state index < -0.39 is 10.0 Å². The van der Waals surface area contributed by atoms with Crippen molar-refractivity contribution < 1.29 is 13.5 Å². The molecule has 0 aromatic heterocycles. The number of aryl methyl sites for hydroxylation is 1. The molecular weight excluding hydrogens is 288 g/mol. The normalized spacial score (nSPS) is 24.2. The highest BCUT2D eigenvalue weighted by Gasteiger charge is 2.29. The first-order valence-electron chi connectivity index (χ1n) is 7.24. The molecule has 1 aliphatic heterocycles. The number of likely N-dealkylation sites (tertiary alicyclic amines) is 1. The Morgan fingerprint density at radius 1 is 1.43 bits per heavy atom. The lowest BCUT2D eigenvalue weighted by Crippen LogP contribution is -2.48. The molecule has 0 aliphatic carbocycles. The van der Waals surface area contributed by atoms with E-state index in [0.717, 1.165) is 19.5 Å². The second kappa shape index (κ2) is 6.44. The largest absolute Gasteiger partial charge is 0.392 e. The van der Waals surface area contributed by atoms with Crippen LogP contribution >= 0.6 is 0 Å². The van der Waals surface area contributed by atoms with Crippen molar-refractivity contribution in [1.29, 1.82) is 0 Å². The van der Waals surface area contributed by atoms with Crippen molar-refractivity contribution >= 4 is 10.0 Å². The van der Waals surface area contributed by atoms with Gasteiger partial charge in [0.05, 0.1) is 11.5 Å². The standard InChI is InChI=1S/C15H24N2O3S/c1-11-4-5-13(10-18)8-15(11)21(19,20)16-14-6-7-17(3)9-12(14)2/h4-5,8,12,14,16,18H,6-7,9-10H2,1-3H3. The van der Waals surface area contributed by atoms with E-state index in [4.69, 9.17) is 0 Å². The highest BCUT2D eigenvalue weighted by molar-refractivity contribution is 7.89. The van der Waals surface area contributed by atoms with Gasteiger partial charge < -0.3 is 10.0 Å². The summed E-state index contributed by atoms with van der Waals surface area (Å²) in [4.78, 5) is 2.48. The molecule has 2 atom stereocenters. The second-order valence-corrected chi connectivity index (χ2v) is 7.70. The zero-order valence-electron chi connectivity index (χ0n) is 12.8. The van der Waals surface area contributed by atoms with Crippen molar-refractivity contribution in [3.63, 3.8) is 0 Å². The molecule has 5 nitrogen and oxygen atoms in total. The number of aliphatic hydroxyl groups excluding tert-OH is 1. The Bertz CT molecular complexity index is 601. The molecule has 0 bridgehead atoms. The molecule has 0 spiro atoms. The number of hydrogen-bond acceptors (Lipinski definition) is 4. The molecule has 2 rings (SSSR count). The Hall–Kier alpha value is -0.950. The Morgan fingerprint density at radius 2 is 2.14 bits per heavy atom. The molecular formula is C15H24N2O3S. The maximum absolute atomic E-state index is 12.6. The first-order valence-corrected chi connectivity index (χ1v) is 8.73. The maximum atomic E-state index is 12.6. The molecule has 0 saturated carbocycles. The lowest BCUT2D eigenvalue weighted by Gasteiger charge is -2.35. The molecule has 1 heterocycles. The number of nitrogens with zero attached hydrogens (tertiary/aromatic N) is 1. The van der Waals surface area contributed by atoms with Gasteiger partial charge in [0.2, 0.25) is 10.0 Å². The van der Waals surface area contributed by atoms with Gasteiger partial charge in [-0.2, -0.15) is 0 Å². The van der Waals surface area contributed by atoms with Crippen molar-refractivity contribution in [1.82, 2.24) is 9.62 Å². The molecule has 21 heavy (non-hydrogen) atoms.